The normalized spacial score (nSPS) is 16.0. The molecular weight excluding hydrogens is 334 g/mol. The minimum absolute atomic E-state index is 0.0515. The second-order valence-electron chi connectivity index (χ2n) is 6.53. The first-order valence-corrected chi connectivity index (χ1v) is 9.08. The van der Waals surface area contributed by atoms with E-state index in [1.54, 1.807) is 11.8 Å². The number of rotatable bonds is 7. The predicted molar refractivity (Wildman–Crippen MR) is 96.9 cm³/mol. The van der Waals surface area contributed by atoms with Gasteiger partial charge in [0.15, 0.2) is 12.3 Å². The van der Waals surface area contributed by atoms with E-state index in [4.69, 9.17) is 4.74 Å². The maximum atomic E-state index is 12.3. The third-order valence-corrected chi connectivity index (χ3v) is 4.52. The monoisotopic (exact) mass is 362 g/mol. The smallest absolute Gasteiger partial charge is 0.410 e. The van der Waals surface area contributed by atoms with Crippen LogP contribution < -0.4 is 10.2 Å². The van der Waals surface area contributed by atoms with Crippen LogP contribution in [-0.2, 0) is 20.7 Å². The van der Waals surface area contributed by atoms with Gasteiger partial charge in [-0.25, -0.2) is 4.79 Å². The number of quaternary nitrogens is 1. The molecule has 1 aliphatic heterocycles. The molecule has 1 aliphatic rings. The highest BCUT2D eigenvalue weighted by Gasteiger charge is 2.27. The fourth-order valence-electron chi connectivity index (χ4n) is 3.02. The number of nitrogens with one attached hydrogen (secondary N) is 2. The van der Waals surface area contributed by atoms with Crippen LogP contribution in [0.2, 0.25) is 0 Å². The van der Waals surface area contributed by atoms with Gasteiger partial charge in [-0.05, 0) is 25.8 Å². The Hall–Kier alpha value is -2.41. The molecule has 1 atom stereocenters. The van der Waals surface area contributed by atoms with Crippen molar-refractivity contribution in [1.82, 2.24) is 10.2 Å². The first kappa shape index (κ1) is 19.9. The molecular formula is C19H28N3O4+. The number of Topliss-reactive ketones (excluding diaryl/α,β-unsaturated/α-hetero) is 1. The summed E-state index contributed by atoms with van der Waals surface area (Å²) in [6.45, 7) is 6.47. The third kappa shape index (κ3) is 6.15. The van der Waals surface area contributed by atoms with E-state index in [0.29, 0.717) is 45.8 Å². The van der Waals surface area contributed by atoms with Gasteiger partial charge in [0.05, 0.1) is 38.8 Å². The Morgan fingerprint density at radius 3 is 2.42 bits per heavy atom. The average molecular weight is 362 g/mol. The number of hydrogen-bond donors (Lipinski definition) is 2. The summed E-state index contributed by atoms with van der Waals surface area (Å²) in [4.78, 5) is 38.7. The van der Waals surface area contributed by atoms with Gasteiger partial charge >= 0.3 is 6.09 Å². The minimum atomic E-state index is -0.509. The number of piperazine rings is 1. The van der Waals surface area contributed by atoms with Gasteiger partial charge in [0.25, 0.3) is 5.91 Å². The van der Waals surface area contributed by atoms with Crippen molar-refractivity contribution in [2.24, 2.45) is 0 Å². The second-order valence-corrected chi connectivity index (χ2v) is 6.53. The van der Waals surface area contributed by atoms with E-state index in [1.807, 2.05) is 30.3 Å². The molecule has 0 saturated carbocycles. The Balaban J connectivity index is 1.80. The van der Waals surface area contributed by atoms with E-state index >= 15 is 0 Å². The van der Waals surface area contributed by atoms with Crippen LogP contribution in [0.3, 0.4) is 0 Å². The number of carbonyl (C=O) groups is 3. The maximum absolute atomic E-state index is 12.3. The van der Waals surface area contributed by atoms with Gasteiger partial charge in [0.1, 0.15) is 0 Å². The van der Waals surface area contributed by atoms with Gasteiger partial charge in [-0.1, -0.05) is 30.3 Å². The summed E-state index contributed by atoms with van der Waals surface area (Å²) in [6, 6.07) is 9.14. The summed E-state index contributed by atoms with van der Waals surface area (Å²) in [5.74, 6) is -0.190. The van der Waals surface area contributed by atoms with E-state index in [9.17, 15) is 14.4 Å². The molecule has 0 aliphatic carbocycles. The number of benzene rings is 1. The molecule has 2 N–H and O–H groups in total. The topological polar surface area (TPSA) is 80.2 Å². The molecule has 1 fully saturated rings. The highest BCUT2D eigenvalue weighted by molar-refractivity contribution is 5.88. The van der Waals surface area contributed by atoms with E-state index in [1.165, 1.54) is 6.92 Å². The molecule has 2 amide bonds. The van der Waals surface area contributed by atoms with Crippen LogP contribution in [0.4, 0.5) is 4.79 Å². The van der Waals surface area contributed by atoms with Crippen molar-refractivity contribution in [3.8, 4) is 0 Å². The van der Waals surface area contributed by atoms with Crippen LogP contribution in [0.5, 0.6) is 0 Å². The van der Waals surface area contributed by atoms with E-state index in [-0.39, 0.29) is 17.8 Å². The summed E-state index contributed by atoms with van der Waals surface area (Å²) in [6.07, 6.45) is 0.198. The molecule has 26 heavy (non-hydrogen) atoms. The zero-order valence-electron chi connectivity index (χ0n) is 15.5. The van der Waals surface area contributed by atoms with E-state index in [0.717, 1.165) is 10.5 Å². The Morgan fingerprint density at radius 2 is 1.85 bits per heavy atom. The number of nitrogens with zero attached hydrogens (tertiary/aromatic N) is 1. The van der Waals surface area contributed by atoms with Crippen molar-refractivity contribution in [3.05, 3.63) is 35.9 Å². The fourth-order valence-corrected chi connectivity index (χ4v) is 3.02. The van der Waals surface area contributed by atoms with Crippen molar-refractivity contribution in [1.29, 1.82) is 0 Å². The molecule has 1 heterocycles. The van der Waals surface area contributed by atoms with Crippen LogP contribution in [0, 0.1) is 0 Å². The van der Waals surface area contributed by atoms with Crippen molar-refractivity contribution < 1.29 is 24.0 Å². The number of ether oxygens (including phenoxy) is 1. The molecule has 0 bridgehead atoms. The molecule has 1 saturated heterocycles. The molecule has 142 valence electrons. The quantitative estimate of drug-likeness (QED) is 0.696. The highest BCUT2D eigenvalue weighted by atomic mass is 16.6. The standard InChI is InChI=1S/C19H27N3O4/c1-3-26-19(25)22-11-9-21(10-12-22)14-18(24)20-17(15(2)23)13-16-7-5-4-6-8-16/h4-8,17H,3,9-14H2,1-2H3,(H,20,24)/p+1/t17-/m1/s1. The van der Waals surface area contributed by atoms with Crippen LogP contribution in [-0.4, -0.2) is 68.1 Å². The number of ketones is 1. The molecule has 0 unspecified atom stereocenters. The average Bonchev–Trinajstić information content (AvgIpc) is 2.62. The molecule has 0 radical (unpaired) electrons. The van der Waals surface area contributed by atoms with E-state index < -0.39 is 6.04 Å². The lowest BCUT2D eigenvalue weighted by Crippen LogP contribution is -3.16. The maximum Gasteiger partial charge on any atom is 0.410 e. The molecule has 0 spiro atoms. The number of carbonyl (C=O) groups excluding carboxylic acids is 3. The number of hydrogen-bond acceptors (Lipinski definition) is 4. The fraction of sp³-hybridized carbons (Fsp3) is 0.526. The van der Waals surface area contributed by atoms with Gasteiger partial charge in [-0.15, -0.1) is 0 Å². The molecule has 1 aromatic rings. The van der Waals surface area contributed by atoms with Crippen LogP contribution >= 0.6 is 0 Å². The Labute approximate surface area is 154 Å². The molecule has 2 rings (SSSR count). The lowest BCUT2D eigenvalue weighted by molar-refractivity contribution is -0.896. The van der Waals surface area contributed by atoms with Gasteiger partial charge in [0.2, 0.25) is 0 Å². The van der Waals surface area contributed by atoms with Gasteiger partial charge in [-0.3, -0.25) is 14.5 Å². The van der Waals surface area contributed by atoms with E-state index in [2.05, 4.69) is 5.32 Å². The lowest BCUT2D eigenvalue weighted by Gasteiger charge is -2.31. The van der Waals surface area contributed by atoms with Crippen molar-refractivity contribution in [2.75, 3.05) is 39.3 Å². The van der Waals surface area contributed by atoms with Gasteiger partial charge in [-0.2, -0.15) is 0 Å². The lowest BCUT2D eigenvalue weighted by atomic mass is 10.0. The SMILES string of the molecule is CCOC(=O)N1CC[NH+](CC(=O)N[C@H](Cc2ccccc2)C(C)=O)CC1. The largest absolute Gasteiger partial charge is 0.450 e. The van der Waals surface area contributed by atoms with Crippen molar-refractivity contribution in [2.45, 2.75) is 26.3 Å². The first-order chi connectivity index (χ1) is 12.5. The molecule has 0 aromatic heterocycles. The second kappa shape index (κ2) is 9.91. The summed E-state index contributed by atoms with van der Waals surface area (Å²) in [5, 5.41) is 2.85. The predicted octanol–water partition coefficient (Wildman–Crippen LogP) is -0.340. The summed E-state index contributed by atoms with van der Waals surface area (Å²) in [5.41, 5.74) is 1.02. The zero-order chi connectivity index (χ0) is 18.9. The first-order valence-electron chi connectivity index (χ1n) is 9.08. The zero-order valence-corrected chi connectivity index (χ0v) is 15.5. The minimum Gasteiger partial charge on any atom is -0.450 e. The van der Waals surface area contributed by atoms with Gasteiger partial charge in [0, 0.05) is 0 Å². The van der Waals surface area contributed by atoms with Crippen LogP contribution in [0.1, 0.15) is 19.4 Å². The Morgan fingerprint density at radius 1 is 1.19 bits per heavy atom. The summed E-state index contributed by atoms with van der Waals surface area (Å²) >= 11 is 0. The third-order valence-electron chi connectivity index (χ3n) is 4.52. The molecule has 1 aromatic carbocycles. The van der Waals surface area contributed by atoms with Crippen molar-refractivity contribution in [3.63, 3.8) is 0 Å². The molecule has 7 heteroatoms. The summed E-state index contributed by atoms with van der Waals surface area (Å²) in [7, 11) is 0. The van der Waals surface area contributed by atoms with Gasteiger partial charge < -0.3 is 15.0 Å². The summed E-state index contributed by atoms with van der Waals surface area (Å²) < 4.78 is 4.99. The van der Waals surface area contributed by atoms with Crippen LogP contribution in [0.25, 0.3) is 0 Å². The van der Waals surface area contributed by atoms with Crippen LogP contribution in [0.15, 0.2) is 30.3 Å². The Bertz CT molecular complexity index is 612. The Kier molecular flexibility index (Phi) is 7.59. The highest BCUT2D eigenvalue weighted by Crippen LogP contribution is 2.04. The van der Waals surface area contributed by atoms with Crippen molar-refractivity contribution >= 4 is 17.8 Å². The number of amides is 2. The molecule has 7 nitrogen and oxygen atoms in total.